The Morgan fingerprint density at radius 3 is 2.62 bits per heavy atom. The number of fused-ring (bicyclic) bond motifs is 1. The molecule has 0 fully saturated rings. The highest BCUT2D eigenvalue weighted by atomic mass is 15.3. The van der Waals surface area contributed by atoms with Crippen molar-refractivity contribution in [2.75, 3.05) is 5.73 Å². The molecule has 0 aliphatic heterocycles. The monoisotopic (exact) mass is 211 g/mol. The Bertz CT molecular complexity index is 629. The van der Waals surface area contributed by atoms with Crippen LogP contribution in [0.5, 0.6) is 0 Å². The van der Waals surface area contributed by atoms with E-state index in [0.717, 1.165) is 16.6 Å². The third kappa shape index (κ3) is 1.22. The number of nitrogens with zero attached hydrogens (tertiary/aromatic N) is 4. The summed E-state index contributed by atoms with van der Waals surface area (Å²) in [5.41, 5.74) is 8.29. The fraction of sp³-hybridized carbons (Fsp3) is 0. The van der Waals surface area contributed by atoms with Crippen LogP contribution in [0.3, 0.4) is 0 Å². The zero-order valence-electron chi connectivity index (χ0n) is 8.41. The Morgan fingerprint density at radius 1 is 1.00 bits per heavy atom. The quantitative estimate of drug-likeness (QED) is 0.660. The van der Waals surface area contributed by atoms with Gasteiger partial charge in [0.2, 0.25) is 0 Å². The van der Waals surface area contributed by atoms with Crippen LogP contribution in [0.2, 0.25) is 0 Å². The molecule has 0 atom stereocenters. The van der Waals surface area contributed by atoms with Crippen molar-refractivity contribution >= 4 is 16.6 Å². The van der Waals surface area contributed by atoms with E-state index < -0.39 is 0 Å². The number of rotatable bonds is 1. The van der Waals surface area contributed by atoms with Crippen LogP contribution >= 0.6 is 0 Å². The van der Waals surface area contributed by atoms with Crippen molar-refractivity contribution < 1.29 is 0 Å². The Balaban J connectivity index is 2.30. The smallest absolute Gasteiger partial charge is 0.0945 e. The molecule has 2 N–H and O–H groups in total. The molecule has 0 saturated heterocycles. The second kappa shape index (κ2) is 3.30. The maximum Gasteiger partial charge on any atom is 0.0945 e. The molecule has 78 valence electrons. The number of aromatic nitrogens is 4. The molecule has 3 rings (SSSR count). The lowest BCUT2D eigenvalue weighted by atomic mass is 10.3. The fourth-order valence-electron chi connectivity index (χ4n) is 1.65. The van der Waals surface area contributed by atoms with Crippen LogP contribution in [0.4, 0.5) is 5.69 Å². The summed E-state index contributed by atoms with van der Waals surface area (Å²) in [6.07, 6.45) is 8.57. The SMILES string of the molecule is Nc1cncc2c1cnn2-c1ccncc1. The van der Waals surface area contributed by atoms with E-state index in [2.05, 4.69) is 15.1 Å². The first kappa shape index (κ1) is 8.84. The van der Waals surface area contributed by atoms with Gasteiger partial charge in [-0.3, -0.25) is 9.97 Å². The first-order chi connectivity index (χ1) is 7.86. The molecule has 3 aromatic rings. The zero-order valence-corrected chi connectivity index (χ0v) is 8.41. The van der Waals surface area contributed by atoms with Gasteiger partial charge in [0, 0.05) is 17.8 Å². The van der Waals surface area contributed by atoms with Gasteiger partial charge in [0.25, 0.3) is 0 Å². The highest BCUT2D eigenvalue weighted by Crippen LogP contribution is 2.21. The summed E-state index contributed by atoms with van der Waals surface area (Å²) >= 11 is 0. The lowest BCUT2D eigenvalue weighted by Gasteiger charge is -2.02. The lowest BCUT2D eigenvalue weighted by molar-refractivity contribution is 0.905. The number of anilines is 1. The van der Waals surface area contributed by atoms with Crippen molar-refractivity contribution in [3.05, 3.63) is 43.1 Å². The molecule has 5 heteroatoms. The Labute approximate surface area is 91.6 Å². The van der Waals surface area contributed by atoms with Crippen LogP contribution in [0.25, 0.3) is 16.6 Å². The van der Waals surface area contributed by atoms with Gasteiger partial charge in [-0.15, -0.1) is 0 Å². The summed E-state index contributed by atoms with van der Waals surface area (Å²) in [7, 11) is 0. The number of hydrogen-bond acceptors (Lipinski definition) is 4. The van der Waals surface area contributed by atoms with Gasteiger partial charge in [-0.2, -0.15) is 5.10 Å². The van der Waals surface area contributed by atoms with Crippen molar-refractivity contribution in [1.29, 1.82) is 0 Å². The van der Waals surface area contributed by atoms with Gasteiger partial charge >= 0.3 is 0 Å². The molecule has 16 heavy (non-hydrogen) atoms. The molecule has 0 spiro atoms. The highest BCUT2D eigenvalue weighted by molar-refractivity contribution is 5.89. The van der Waals surface area contributed by atoms with Gasteiger partial charge in [-0.25, -0.2) is 4.68 Å². The standard InChI is InChI=1S/C11H9N5/c12-10-6-14-7-11-9(10)5-15-16(11)8-1-3-13-4-2-8/h1-7H,12H2. The average molecular weight is 211 g/mol. The molecular weight excluding hydrogens is 202 g/mol. The summed E-state index contributed by atoms with van der Waals surface area (Å²) in [4.78, 5) is 8.04. The fourth-order valence-corrected chi connectivity index (χ4v) is 1.65. The first-order valence-corrected chi connectivity index (χ1v) is 4.84. The van der Waals surface area contributed by atoms with E-state index in [4.69, 9.17) is 5.73 Å². The van der Waals surface area contributed by atoms with E-state index in [1.165, 1.54) is 0 Å². The molecule has 0 radical (unpaired) electrons. The van der Waals surface area contributed by atoms with E-state index in [-0.39, 0.29) is 0 Å². The van der Waals surface area contributed by atoms with Crippen LogP contribution in [0.15, 0.2) is 43.1 Å². The van der Waals surface area contributed by atoms with Gasteiger partial charge in [-0.05, 0) is 12.1 Å². The van der Waals surface area contributed by atoms with Gasteiger partial charge in [0.05, 0.1) is 35.5 Å². The minimum atomic E-state index is 0.637. The maximum atomic E-state index is 5.82. The second-order valence-corrected chi connectivity index (χ2v) is 3.42. The van der Waals surface area contributed by atoms with Crippen molar-refractivity contribution in [2.24, 2.45) is 0 Å². The molecule has 0 aliphatic rings. The molecule has 0 aromatic carbocycles. The Hall–Kier alpha value is -2.43. The third-order valence-electron chi connectivity index (χ3n) is 2.44. The number of nitrogens with two attached hydrogens (primary N) is 1. The van der Waals surface area contributed by atoms with Crippen LogP contribution in [-0.4, -0.2) is 19.7 Å². The third-order valence-corrected chi connectivity index (χ3v) is 2.44. The molecule has 0 bridgehead atoms. The highest BCUT2D eigenvalue weighted by Gasteiger charge is 2.06. The summed E-state index contributed by atoms with van der Waals surface area (Å²) in [6, 6.07) is 3.77. The number of pyridine rings is 2. The van der Waals surface area contributed by atoms with Gasteiger partial charge in [0.1, 0.15) is 0 Å². The topological polar surface area (TPSA) is 69.6 Å². The van der Waals surface area contributed by atoms with Crippen LogP contribution in [0, 0.1) is 0 Å². The zero-order chi connectivity index (χ0) is 11.0. The van der Waals surface area contributed by atoms with E-state index in [9.17, 15) is 0 Å². The molecule has 0 unspecified atom stereocenters. The van der Waals surface area contributed by atoms with E-state index >= 15 is 0 Å². The van der Waals surface area contributed by atoms with Crippen LogP contribution in [0.1, 0.15) is 0 Å². The predicted molar refractivity (Wildman–Crippen MR) is 61.1 cm³/mol. The first-order valence-electron chi connectivity index (χ1n) is 4.84. The molecule has 0 aliphatic carbocycles. The summed E-state index contributed by atoms with van der Waals surface area (Å²) in [6.45, 7) is 0. The largest absolute Gasteiger partial charge is 0.397 e. The minimum Gasteiger partial charge on any atom is -0.397 e. The Kier molecular flexibility index (Phi) is 1.83. The summed E-state index contributed by atoms with van der Waals surface area (Å²) in [5, 5.41) is 5.20. The van der Waals surface area contributed by atoms with Gasteiger partial charge < -0.3 is 5.73 Å². The van der Waals surface area contributed by atoms with E-state index in [1.54, 1.807) is 35.7 Å². The number of nitrogen functional groups attached to an aromatic ring is 1. The molecule has 3 heterocycles. The van der Waals surface area contributed by atoms with Gasteiger partial charge in [-0.1, -0.05) is 0 Å². The molecular formula is C11H9N5. The normalized spacial score (nSPS) is 10.8. The van der Waals surface area contributed by atoms with Crippen molar-refractivity contribution in [3.8, 4) is 5.69 Å². The average Bonchev–Trinajstić information content (AvgIpc) is 2.75. The van der Waals surface area contributed by atoms with Crippen molar-refractivity contribution in [1.82, 2.24) is 19.7 Å². The molecule has 0 amide bonds. The maximum absolute atomic E-state index is 5.82. The second-order valence-electron chi connectivity index (χ2n) is 3.42. The van der Waals surface area contributed by atoms with Gasteiger partial charge in [0.15, 0.2) is 0 Å². The van der Waals surface area contributed by atoms with E-state index in [0.29, 0.717) is 5.69 Å². The number of hydrogen-bond donors (Lipinski definition) is 1. The minimum absolute atomic E-state index is 0.637. The molecule has 5 nitrogen and oxygen atoms in total. The summed E-state index contributed by atoms with van der Waals surface area (Å²) in [5.74, 6) is 0. The predicted octanol–water partition coefficient (Wildman–Crippen LogP) is 1.40. The van der Waals surface area contributed by atoms with Crippen molar-refractivity contribution in [3.63, 3.8) is 0 Å². The molecule has 0 saturated carbocycles. The lowest BCUT2D eigenvalue weighted by Crippen LogP contribution is -1.96. The van der Waals surface area contributed by atoms with Crippen LogP contribution in [-0.2, 0) is 0 Å². The summed E-state index contributed by atoms with van der Waals surface area (Å²) < 4.78 is 1.79. The van der Waals surface area contributed by atoms with Crippen molar-refractivity contribution in [2.45, 2.75) is 0 Å². The molecule has 3 aromatic heterocycles. The van der Waals surface area contributed by atoms with Crippen LogP contribution < -0.4 is 5.73 Å². The van der Waals surface area contributed by atoms with E-state index in [1.807, 2.05) is 12.1 Å². The Morgan fingerprint density at radius 2 is 1.81 bits per heavy atom.